The Hall–Kier alpha value is -5.38. The zero-order valence-electron chi connectivity index (χ0n) is 27.3. The Balaban J connectivity index is 2.34. The van der Waals surface area contributed by atoms with Crippen molar-refractivity contribution in [2.45, 2.75) is 76.5 Å². The van der Waals surface area contributed by atoms with Crippen LogP contribution in [0, 0.1) is 13.8 Å². The van der Waals surface area contributed by atoms with Crippen LogP contribution in [0.5, 0.6) is 5.75 Å². The Kier molecular flexibility index (Phi) is 15.6. The first-order chi connectivity index (χ1) is 22.7. The van der Waals surface area contributed by atoms with Gasteiger partial charge in [0.1, 0.15) is 23.9 Å². The molecule has 0 aliphatic rings. The fraction of sp³-hybridized carbons (Fsp3) is 0.438. The van der Waals surface area contributed by atoms with E-state index in [9.17, 15) is 29.4 Å². The molecule has 0 radical (unpaired) electrons. The summed E-state index contributed by atoms with van der Waals surface area (Å²) in [6, 6.07) is 7.16. The number of nitrogens with zero attached hydrogens (tertiary/aromatic N) is 2. The van der Waals surface area contributed by atoms with Crippen LogP contribution >= 0.6 is 0 Å². The molecule has 0 fully saturated rings. The van der Waals surface area contributed by atoms with Gasteiger partial charge in [-0.25, -0.2) is 4.79 Å². The van der Waals surface area contributed by atoms with E-state index in [1.165, 1.54) is 12.1 Å². The number of aliphatic imine (C=N–C) groups is 2. The molecule has 0 spiro atoms. The monoisotopic (exact) mass is 668 g/mol. The van der Waals surface area contributed by atoms with Crippen LogP contribution in [0.3, 0.4) is 0 Å². The fourth-order valence-electron chi connectivity index (χ4n) is 5.00. The van der Waals surface area contributed by atoms with Crippen LogP contribution in [-0.2, 0) is 32.0 Å². The van der Waals surface area contributed by atoms with Gasteiger partial charge in [0.25, 0.3) is 0 Å². The Morgan fingerprint density at radius 3 is 1.77 bits per heavy atom. The second kappa shape index (κ2) is 19.3. The molecule has 0 aliphatic heterocycles. The van der Waals surface area contributed by atoms with Gasteiger partial charge in [0.05, 0.1) is 6.04 Å². The number of aryl methyl sites for hydroxylation is 2. The summed E-state index contributed by atoms with van der Waals surface area (Å²) >= 11 is 0. The molecule has 2 rings (SSSR count). The summed E-state index contributed by atoms with van der Waals surface area (Å²) in [7, 11) is 0. The van der Waals surface area contributed by atoms with Crippen LogP contribution < -0.4 is 44.6 Å². The number of guanidine groups is 2. The van der Waals surface area contributed by atoms with Crippen molar-refractivity contribution in [3.8, 4) is 5.75 Å². The second-order valence-corrected chi connectivity index (χ2v) is 11.5. The van der Waals surface area contributed by atoms with Crippen molar-refractivity contribution in [3.63, 3.8) is 0 Å². The van der Waals surface area contributed by atoms with E-state index in [0.717, 1.165) is 0 Å². The minimum atomic E-state index is -1.29. The van der Waals surface area contributed by atoms with Crippen molar-refractivity contribution in [2.24, 2.45) is 38.7 Å². The van der Waals surface area contributed by atoms with Crippen molar-refractivity contribution >= 4 is 35.6 Å². The van der Waals surface area contributed by atoms with Gasteiger partial charge in [0, 0.05) is 25.9 Å². The van der Waals surface area contributed by atoms with Crippen LogP contribution in [-0.4, -0.2) is 83.1 Å². The highest BCUT2D eigenvalue weighted by atomic mass is 16.4. The number of carboxylic acids is 1. The number of rotatable bonds is 19. The molecule has 0 saturated heterocycles. The highest BCUT2D eigenvalue weighted by Crippen LogP contribution is 2.22. The van der Waals surface area contributed by atoms with E-state index in [-0.39, 0.29) is 62.9 Å². The number of carbonyl (C=O) groups is 4. The van der Waals surface area contributed by atoms with E-state index < -0.39 is 47.9 Å². The van der Waals surface area contributed by atoms with Gasteiger partial charge >= 0.3 is 5.97 Å². The van der Waals surface area contributed by atoms with Gasteiger partial charge < -0.3 is 54.8 Å². The highest BCUT2D eigenvalue weighted by Gasteiger charge is 2.31. The van der Waals surface area contributed by atoms with E-state index in [4.69, 9.17) is 28.7 Å². The third-order valence-electron chi connectivity index (χ3n) is 7.50. The molecule has 0 heterocycles. The molecule has 15 N–H and O–H groups in total. The maximum atomic E-state index is 13.9. The lowest BCUT2D eigenvalue weighted by molar-refractivity contribution is -0.142. The van der Waals surface area contributed by atoms with Crippen molar-refractivity contribution in [1.82, 2.24) is 16.0 Å². The quantitative estimate of drug-likeness (QED) is 0.0480. The van der Waals surface area contributed by atoms with Gasteiger partial charge in [-0.15, -0.1) is 0 Å². The molecule has 0 aromatic heterocycles. The molecule has 16 heteroatoms. The molecule has 2 aromatic carbocycles. The topological polar surface area (TPSA) is 300 Å². The fourth-order valence-corrected chi connectivity index (χ4v) is 5.00. The summed E-state index contributed by atoms with van der Waals surface area (Å²) in [6.45, 7) is 3.92. The van der Waals surface area contributed by atoms with Crippen molar-refractivity contribution < 1.29 is 29.4 Å². The van der Waals surface area contributed by atoms with Crippen LogP contribution in [0.1, 0.15) is 47.9 Å². The average molecular weight is 669 g/mol. The van der Waals surface area contributed by atoms with Gasteiger partial charge in [0.2, 0.25) is 17.7 Å². The van der Waals surface area contributed by atoms with Gasteiger partial charge in [-0.05, 0) is 73.9 Å². The van der Waals surface area contributed by atoms with Crippen molar-refractivity contribution in [1.29, 1.82) is 0 Å². The van der Waals surface area contributed by atoms with E-state index in [1.807, 2.05) is 0 Å². The molecule has 262 valence electrons. The number of nitrogens with one attached hydrogen (secondary N) is 3. The van der Waals surface area contributed by atoms with Crippen molar-refractivity contribution in [2.75, 3.05) is 13.1 Å². The van der Waals surface area contributed by atoms with Crippen LogP contribution in [0.4, 0.5) is 0 Å². The standard InChI is InChI=1S/C32H48N10O6/c1-18-14-21(43)15-19(2)22(18)17-25(41-27(44)23(33)10-6-12-38-31(34)35)29(46)40-24(11-7-13-39-32(36)37)28(45)42-26(30(47)48)16-20-8-4-3-5-9-20/h3-5,8-9,14-15,23-26,43H,6-7,10-13,16-17,33H2,1-2H3,(H,40,46)(H,41,44)(H,42,45)(H,47,48)(H4,34,35,38)(H4,36,37,39)/t23-,24+,25+,26+/m1/s1. The Labute approximate surface area is 279 Å². The van der Waals surface area contributed by atoms with Gasteiger partial charge in [-0.2, -0.15) is 0 Å². The van der Waals surface area contributed by atoms with Gasteiger partial charge in [-0.1, -0.05) is 30.3 Å². The van der Waals surface area contributed by atoms with Crippen LogP contribution in [0.2, 0.25) is 0 Å². The molecule has 3 amide bonds. The lowest BCUT2D eigenvalue weighted by Crippen LogP contribution is -2.57. The Morgan fingerprint density at radius 2 is 1.23 bits per heavy atom. The maximum Gasteiger partial charge on any atom is 0.326 e. The molecule has 16 nitrogen and oxygen atoms in total. The number of carboxylic acid groups (broad SMARTS) is 1. The number of phenols is 1. The number of aromatic hydroxyl groups is 1. The molecule has 0 aliphatic carbocycles. The number of amides is 3. The Morgan fingerprint density at radius 1 is 0.729 bits per heavy atom. The molecule has 0 bridgehead atoms. The number of benzene rings is 2. The van der Waals surface area contributed by atoms with E-state index in [1.54, 1.807) is 44.2 Å². The SMILES string of the molecule is Cc1cc(O)cc(C)c1C[C@H](NC(=O)[C@H](N)CCCN=C(N)N)C(=O)N[C@@H](CCCN=C(N)N)C(=O)N[C@@H](Cc1ccccc1)C(=O)O. The molecule has 48 heavy (non-hydrogen) atoms. The molecular weight excluding hydrogens is 620 g/mol. The number of hydrogen-bond acceptors (Lipinski definition) is 8. The minimum Gasteiger partial charge on any atom is -0.508 e. The number of aliphatic carboxylic acids is 1. The minimum absolute atomic E-state index is 0.00430. The molecule has 0 unspecified atom stereocenters. The zero-order valence-corrected chi connectivity index (χ0v) is 27.3. The normalized spacial score (nSPS) is 13.2. The lowest BCUT2D eigenvalue weighted by Gasteiger charge is -2.26. The smallest absolute Gasteiger partial charge is 0.326 e. The number of nitrogens with two attached hydrogens (primary N) is 5. The number of phenolic OH excluding ortho intramolecular Hbond substituents is 1. The first-order valence-corrected chi connectivity index (χ1v) is 15.5. The predicted molar refractivity (Wildman–Crippen MR) is 183 cm³/mol. The van der Waals surface area contributed by atoms with E-state index in [0.29, 0.717) is 28.7 Å². The largest absolute Gasteiger partial charge is 0.508 e. The molecule has 2 aromatic rings. The summed E-state index contributed by atoms with van der Waals surface area (Å²) in [5.74, 6) is -3.51. The van der Waals surface area contributed by atoms with Crippen LogP contribution in [0.25, 0.3) is 0 Å². The average Bonchev–Trinajstić information content (AvgIpc) is 3.01. The number of hydrogen-bond donors (Lipinski definition) is 10. The third-order valence-corrected chi connectivity index (χ3v) is 7.50. The maximum absolute atomic E-state index is 13.9. The van der Waals surface area contributed by atoms with Crippen LogP contribution in [0.15, 0.2) is 52.4 Å². The lowest BCUT2D eigenvalue weighted by atomic mass is 9.95. The van der Waals surface area contributed by atoms with Gasteiger partial charge in [0.15, 0.2) is 11.9 Å². The third kappa shape index (κ3) is 13.5. The molecule has 0 saturated carbocycles. The number of carbonyl (C=O) groups excluding carboxylic acids is 3. The summed E-state index contributed by atoms with van der Waals surface area (Å²) < 4.78 is 0. The Bertz CT molecular complexity index is 1440. The van der Waals surface area contributed by atoms with E-state index >= 15 is 0 Å². The second-order valence-electron chi connectivity index (χ2n) is 11.5. The van der Waals surface area contributed by atoms with E-state index in [2.05, 4.69) is 25.9 Å². The summed E-state index contributed by atoms with van der Waals surface area (Å²) in [6.07, 6.45) is 0.961. The summed E-state index contributed by atoms with van der Waals surface area (Å²) in [4.78, 5) is 60.4. The molecular formula is C32H48N10O6. The highest BCUT2D eigenvalue weighted by molar-refractivity contribution is 5.94. The summed E-state index contributed by atoms with van der Waals surface area (Å²) in [5, 5.41) is 27.8. The predicted octanol–water partition coefficient (Wildman–Crippen LogP) is -1.23. The summed E-state index contributed by atoms with van der Waals surface area (Å²) in [5.41, 5.74) is 30.4. The van der Waals surface area contributed by atoms with Crippen molar-refractivity contribution in [3.05, 3.63) is 64.7 Å². The first kappa shape index (κ1) is 38.8. The molecule has 4 atom stereocenters. The zero-order chi connectivity index (χ0) is 35.8. The first-order valence-electron chi connectivity index (χ1n) is 15.5. The van der Waals surface area contributed by atoms with Gasteiger partial charge in [-0.3, -0.25) is 24.4 Å².